The van der Waals surface area contributed by atoms with Gasteiger partial charge >= 0.3 is 0 Å². The van der Waals surface area contributed by atoms with Gasteiger partial charge in [0.25, 0.3) is 0 Å². The number of pyridine rings is 1. The van der Waals surface area contributed by atoms with E-state index in [1.807, 2.05) is 18.2 Å². The number of allylic oxidation sites excluding steroid dienone is 1. The molecule has 25 heavy (non-hydrogen) atoms. The van der Waals surface area contributed by atoms with Crippen LogP contribution < -0.4 is 4.74 Å². The maximum atomic E-state index is 14.4. The van der Waals surface area contributed by atoms with Crippen molar-refractivity contribution in [3.8, 4) is 17.0 Å². The Balaban J connectivity index is 2.01. The van der Waals surface area contributed by atoms with Crippen LogP contribution in [0.4, 0.5) is 4.39 Å². The molecule has 2 rings (SSSR count). The molecular weight excluding hydrogens is 317 g/mol. The third kappa shape index (κ3) is 6.16. The van der Waals surface area contributed by atoms with Gasteiger partial charge in [-0.3, -0.25) is 0 Å². The molecule has 1 aromatic carbocycles. The van der Waals surface area contributed by atoms with Gasteiger partial charge < -0.3 is 9.84 Å². The number of ether oxygens (including phenoxy) is 1. The number of hydrogen-bond acceptors (Lipinski definition) is 3. The zero-order valence-corrected chi connectivity index (χ0v) is 14.5. The Labute approximate surface area is 148 Å². The van der Waals surface area contributed by atoms with Gasteiger partial charge in [-0.05, 0) is 43.9 Å². The van der Waals surface area contributed by atoms with Gasteiger partial charge in [-0.2, -0.15) is 0 Å². The zero-order valence-electron chi connectivity index (χ0n) is 14.5. The van der Waals surface area contributed by atoms with Gasteiger partial charge in [0, 0.05) is 23.4 Å². The number of benzene rings is 1. The van der Waals surface area contributed by atoms with Crippen LogP contribution in [0.2, 0.25) is 0 Å². The van der Waals surface area contributed by atoms with Gasteiger partial charge in [-0.25, -0.2) is 9.37 Å². The van der Waals surface area contributed by atoms with Crippen LogP contribution in [0.25, 0.3) is 17.2 Å². The molecule has 1 unspecified atom stereocenters. The topological polar surface area (TPSA) is 42.4 Å². The van der Waals surface area contributed by atoms with Crippen molar-refractivity contribution >= 4 is 6.08 Å². The molecule has 0 aliphatic heterocycles. The van der Waals surface area contributed by atoms with Crippen molar-refractivity contribution in [1.29, 1.82) is 0 Å². The molecule has 3 nitrogen and oxygen atoms in total. The van der Waals surface area contributed by atoms with Crippen LogP contribution in [-0.4, -0.2) is 22.8 Å². The Morgan fingerprint density at radius 1 is 1.32 bits per heavy atom. The highest BCUT2D eigenvalue weighted by atomic mass is 19.1. The summed E-state index contributed by atoms with van der Waals surface area (Å²) < 4.78 is 19.7. The lowest BCUT2D eigenvalue weighted by Gasteiger charge is -2.06. The number of aliphatic hydroxyl groups excluding tert-OH is 1. The fraction of sp³-hybridized carbons (Fsp3) is 0.286. The van der Waals surface area contributed by atoms with Crippen LogP contribution in [0, 0.1) is 5.82 Å². The average molecular weight is 341 g/mol. The Bertz CT molecular complexity index is 708. The first-order valence-electron chi connectivity index (χ1n) is 8.44. The third-order valence-electron chi connectivity index (χ3n) is 3.69. The molecule has 0 aliphatic rings. The van der Waals surface area contributed by atoms with Crippen LogP contribution in [-0.2, 0) is 0 Å². The van der Waals surface area contributed by atoms with E-state index in [2.05, 4.69) is 11.6 Å². The maximum absolute atomic E-state index is 14.4. The van der Waals surface area contributed by atoms with E-state index in [9.17, 15) is 9.50 Å². The van der Waals surface area contributed by atoms with E-state index in [-0.39, 0.29) is 11.9 Å². The quantitative estimate of drug-likeness (QED) is 0.514. The van der Waals surface area contributed by atoms with Crippen molar-refractivity contribution in [1.82, 2.24) is 4.98 Å². The fourth-order valence-electron chi connectivity index (χ4n) is 2.39. The second-order valence-electron chi connectivity index (χ2n) is 5.91. The minimum Gasteiger partial charge on any atom is -0.473 e. The summed E-state index contributed by atoms with van der Waals surface area (Å²) in [7, 11) is 0. The second kappa shape index (κ2) is 9.74. The summed E-state index contributed by atoms with van der Waals surface area (Å²) in [6.07, 6.45) is 9.44. The molecule has 1 heterocycles. The van der Waals surface area contributed by atoms with Crippen LogP contribution in [0.15, 0.2) is 55.3 Å². The van der Waals surface area contributed by atoms with Crippen molar-refractivity contribution < 1.29 is 14.2 Å². The molecule has 0 amide bonds. The van der Waals surface area contributed by atoms with Gasteiger partial charge in [0.15, 0.2) is 0 Å². The van der Waals surface area contributed by atoms with E-state index >= 15 is 0 Å². The van der Waals surface area contributed by atoms with Crippen molar-refractivity contribution in [2.24, 2.45) is 0 Å². The average Bonchev–Trinajstić information content (AvgIpc) is 2.60. The summed E-state index contributed by atoms with van der Waals surface area (Å²) in [5, 5.41) is 9.21. The number of aliphatic hydroxyl groups is 1. The van der Waals surface area contributed by atoms with Crippen LogP contribution in [0.1, 0.15) is 31.7 Å². The lowest BCUT2D eigenvalue weighted by atomic mass is 10.0. The normalized spacial score (nSPS) is 12.3. The molecule has 0 saturated heterocycles. The highest BCUT2D eigenvalue weighted by Crippen LogP contribution is 2.25. The fourth-order valence-corrected chi connectivity index (χ4v) is 2.39. The first kappa shape index (κ1) is 18.9. The van der Waals surface area contributed by atoms with Gasteiger partial charge in [0.1, 0.15) is 12.4 Å². The lowest BCUT2D eigenvalue weighted by molar-refractivity contribution is 0.182. The molecule has 2 aromatic rings. The Morgan fingerprint density at radius 3 is 2.80 bits per heavy atom. The summed E-state index contributed by atoms with van der Waals surface area (Å²) in [6.45, 7) is 5.75. The zero-order chi connectivity index (χ0) is 18.1. The van der Waals surface area contributed by atoms with Crippen molar-refractivity contribution in [2.75, 3.05) is 6.61 Å². The Morgan fingerprint density at radius 2 is 2.16 bits per heavy atom. The molecule has 0 fully saturated rings. The molecular formula is C21H24FNO2. The summed E-state index contributed by atoms with van der Waals surface area (Å²) >= 11 is 0. The molecule has 0 bridgehead atoms. The number of nitrogens with zero attached hydrogens (tertiary/aromatic N) is 1. The van der Waals surface area contributed by atoms with Crippen LogP contribution in [0.3, 0.4) is 0 Å². The molecule has 4 heteroatoms. The summed E-state index contributed by atoms with van der Waals surface area (Å²) in [6, 6.07) is 8.66. The van der Waals surface area contributed by atoms with Crippen LogP contribution in [0.5, 0.6) is 5.88 Å². The highest BCUT2D eigenvalue weighted by Gasteiger charge is 2.06. The SMILES string of the molecule is C=CCOc1ccc(-c2ccc(C=CCCCC(C)O)cc2F)cn1. The number of unbranched alkanes of at least 4 members (excludes halogenated alkanes) is 1. The molecule has 1 N–H and O–H groups in total. The molecule has 0 spiro atoms. The number of aromatic nitrogens is 1. The molecule has 132 valence electrons. The van der Waals surface area contributed by atoms with E-state index in [4.69, 9.17) is 4.74 Å². The lowest BCUT2D eigenvalue weighted by Crippen LogP contribution is -1.97. The van der Waals surface area contributed by atoms with E-state index in [1.54, 1.807) is 37.4 Å². The Hall–Kier alpha value is -2.46. The van der Waals surface area contributed by atoms with Gasteiger partial charge in [-0.1, -0.05) is 36.9 Å². The maximum Gasteiger partial charge on any atom is 0.213 e. The highest BCUT2D eigenvalue weighted by molar-refractivity contribution is 5.66. The van der Waals surface area contributed by atoms with E-state index in [0.717, 1.165) is 24.8 Å². The second-order valence-corrected chi connectivity index (χ2v) is 5.91. The van der Waals surface area contributed by atoms with Gasteiger partial charge in [0.05, 0.1) is 6.10 Å². The van der Waals surface area contributed by atoms with Gasteiger partial charge in [-0.15, -0.1) is 0 Å². The van der Waals surface area contributed by atoms with E-state index in [0.29, 0.717) is 23.6 Å². The predicted molar refractivity (Wildman–Crippen MR) is 99.9 cm³/mol. The monoisotopic (exact) mass is 341 g/mol. The van der Waals surface area contributed by atoms with Crippen molar-refractivity contribution in [2.45, 2.75) is 32.3 Å². The molecule has 0 aliphatic carbocycles. The summed E-state index contributed by atoms with van der Waals surface area (Å²) in [5.74, 6) is 0.202. The summed E-state index contributed by atoms with van der Waals surface area (Å²) in [5.41, 5.74) is 2.03. The van der Waals surface area contributed by atoms with Crippen LogP contribution >= 0.6 is 0 Å². The smallest absolute Gasteiger partial charge is 0.213 e. The van der Waals surface area contributed by atoms with E-state index < -0.39 is 0 Å². The minimum atomic E-state index is -0.285. The molecule has 0 radical (unpaired) electrons. The van der Waals surface area contributed by atoms with Crippen molar-refractivity contribution in [3.63, 3.8) is 0 Å². The third-order valence-corrected chi connectivity index (χ3v) is 3.69. The number of hydrogen-bond donors (Lipinski definition) is 1. The minimum absolute atomic E-state index is 0.271. The summed E-state index contributed by atoms with van der Waals surface area (Å²) in [4.78, 5) is 4.17. The van der Waals surface area contributed by atoms with E-state index in [1.165, 1.54) is 6.07 Å². The molecule has 0 saturated carbocycles. The number of halogens is 1. The Kier molecular flexibility index (Phi) is 7.36. The molecule has 1 atom stereocenters. The van der Waals surface area contributed by atoms with Crippen molar-refractivity contribution in [3.05, 3.63) is 66.6 Å². The first-order valence-corrected chi connectivity index (χ1v) is 8.44. The standard InChI is InChI=1S/C21H24FNO2/c1-3-13-25-21-12-10-18(15-23-21)19-11-9-17(14-20(19)22)8-6-4-5-7-16(2)24/h3,6,8-12,14-16,24H,1,4-5,7,13H2,2H3. The van der Waals surface area contributed by atoms with Gasteiger partial charge in [0.2, 0.25) is 5.88 Å². The molecule has 1 aromatic heterocycles. The number of rotatable bonds is 9. The largest absolute Gasteiger partial charge is 0.473 e. The predicted octanol–water partition coefficient (Wildman–Crippen LogP) is 5.02. The first-order chi connectivity index (χ1) is 12.1.